The molecule has 0 saturated carbocycles. The van der Waals surface area contributed by atoms with Gasteiger partial charge in [-0.05, 0) is 62.4 Å². The number of carbonyl (C=O) groups excluding carboxylic acids is 1. The van der Waals surface area contributed by atoms with Gasteiger partial charge in [0.1, 0.15) is 5.82 Å². The third kappa shape index (κ3) is 4.11. The molecular weight excluding hydrogens is 349 g/mol. The highest BCUT2D eigenvalue weighted by Crippen LogP contribution is 2.27. The molecule has 1 saturated heterocycles. The average Bonchev–Trinajstić information content (AvgIpc) is 3.09. The number of benzene rings is 1. The van der Waals surface area contributed by atoms with Crippen molar-refractivity contribution >= 4 is 17.7 Å². The Morgan fingerprint density at radius 3 is 2.73 bits per heavy atom. The fourth-order valence-corrected chi connectivity index (χ4v) is 4.52. The predicted molar refractivity (Wildman–Crippen MR) is 104 cm³/mol. The second-order valence-electron chi connectivity index (χ2n) is 6.61. The van der Waals surface area contributed by atoms with Gasteiger partial charge in [0, 0.05) is 19.1 Å². The first-order valence-electron chi connectivity index (χ1n) is 9.37. The van der Waals surface area contributed by atoms with Gasteiger partial charge in [-0.1, -0.05) is 18.7 Å². The lowest BCUT2D eigenvalue weighted by Crippen LogP contribution is -2.44. The molecule has 3 rings (SSSR count). The molecule has 0 unspecified atom stereocenters. The van der Waals surface area contributed by atoms with Gasteiger partial charge in [-0.2, -0.15) is 0 Å². The van der Waals surface area contributed by atoms with E-state index in [1.807, 2.05) is 0 Å². The molecule has 0 bridgehead atoms. The van der Waals surface area contributed by atoms with Crippen LogP contribution in [0.5, 0.6) is 0 Å². The summed E-state index contributed by atoms with van der Waals surface area (Å²) in [6.07, 6.45) is 6.26. The van der Waals surface area contributed by atoms with Crippen LogP contribution < -0.4 is 0 Å². The number of aromatic nitrogens is 2. The minimum Gasteiger partial charge on any atom is -0.339 e. The highest BCUT2D eigenvalue weighted by atomic mass is 32.2. The van der Waals surface area contributed by atoms with Crippen LogP contribution in [-0.2, 0) is 11.3 Å². The number of piperidine rings is 1. The predicted octanol–water partition coefficient (Wildman–Crippen LogP) is 4.59. The maximum Gasteiger partial charge on any atom is 0.233 e. The number of nitrogens with zero attached hydrogens (tertiary/aromatic N) is 3. The molecule has 0 aliphatic carbocycles. The van der Waals surface area contributed by atoms with Crippen LogP contribution in [0.15, 0.2) is 35.6 Å². The summed E-state index contributed by atoms with van der Waals surface area (Å²) in [5, 5.41) is 0.838. The first-order chi connectivity index (χ1) is 12.6. The maximum absolute atomic E-state index is 13.2. The summed E-state index contributed by atoms with van der Waals surface area (Å²) in [4.78, 5) is 19.2. The lowest BCUT2D eigenvalue weighted by Gasteiger charge is -2.35. The van der Waals surface area contributed by atoms with Crippen LogP contribution in [0.25, 0.3) is 11.3 Å². The van der Waals surface area contributed by atoms with E-state index in [2.05, 4.69) is 28.3 Å². The maximum atomic E-state index is 13.2. The molecule has 140 valence electrons. The Kier molecular flexibility index (Phi) is 6.35. The Labute approximate surface area is 158 Å². The van der Waals surface area contributed by atoms with E-state index in [1.54, 1.807) is 18.3 Å². The Balaban J connectivity index is 1.70. The SMILES string of the molecule is CC[C@@H]1CCCCN1C(=O)CSc1ncc(-c2ccc(F)cc2)n1CC. The fourth-order valence-electron chi connectivity index (χ4n) is 3.59. The van der Waals surface area contributed by atoms with Crippen LogP contribution in [0.1, 0.15) is 39.5 Å². The van der Waals surface area contributed by atoms with Crippen LogP contribution in [0, 0.1) is 5.82 Å². The van der Waals surface area contributed by atoms with E-state index in [4.69, 9.17) is 0 Å². The quantitative estimate of drug-likeness (QED) is 0.693. The Bertz CT molecular complexity index is 744. The zero-order chi connectivity index (χ0) is 18.5. The second kappa shape index (κ2) is 8.71. The van der Waals surface area contributed by atoms with E-state index < -0.39 is 0 Å². The molecule has 6 heteroatoms. The third-order valence-electron chi connectivity index (χ3n) is 5.02. The van der Waals surface area contributed by atoms with Crippen molar-refractivity contribution in [3.63, 3.8) is 0 Å². The van der Waals surface area contributed by atoms with Gasteiger partial charge >= 0.3 is 0 Å². The molecule has 1 aromatic heterocycles. The number of hydrogen-bond acceptors (Lipinski definition) is 3. The van der Waals surface area contributed by atoms with Crippen molar-refractivity contribution in [3.05, 3.63) is 36.3 Å². The van der Waals surface area contributed by atoms with Crippen molar-refractivity contribution in [1.82, 2.24) is 14.5 Å². The summed E-state index contributed by atoms with van der Waals surface area (Å²) in [5.41, 5.74) is 1.88. The van der Waals surface area contributed by atoms with Crippen LogP contribution in [-0.4, -0.2) is 38.7 Å². The fraction of sp³-hybridized carbons (Fsp3) is 0.500. The van der Waals surface area contributed by atoms with E-state index in [0.717, 1.165) is 48.8 Å². The summed E-state index contributed by atoms with van der Waals surface area (Å²) >= 11 is 1.49. The lowest BCUT2D eigenvalue weighted by atomic mass is 10.0. The van der Waals surface area contributed by atoms with E-state index in [0.29, 0.717) is 11.8 Å². The number of amides is 1. The van der Waals surface area contributed by atoms with Crippen LogP contribution in [0.4, 0.5) is 4.39 Å². The number of hydrogen-bond donors (Lipinski definition) is 0. The molecule has 0 radical (unpaired) electrons. The van der Waals surface area contributed by atoms with E-state index in [-0.39, 0.29) is 11.7 Å². The van der Waals surface area contributed by atoms with Gasteiger partial charge in [0.25, 0.3) is 0 Å². The number of imidazole rings is 1. The van der Waals surface area contributed by atoms with Gasteiger partial charge in [0.05, 0.1) is 17.6 Å². The molecule has 2 aromatic rings. The van der Waals surface area contributed by atoms with Gasteiger partial charge in [0.15, 0.2) is 5.16 Å². The third-order valence-corrected chi connectivity index (χ3v) is 5.99. The van der Waals surface area contributed by atoms with Crippen LogP contribution in [0.2, 0.25) is 0 Å². The molecule has 1 atom stereocenters. The molecular formula is C20H26FN3OS. The topological polar surface area (TPSA) is 38.1 Å². The molecule has 4 nitrogen and oxygen atoms in total. The average molecular weight is 376 g/mol. The highest BCUT2D eigenvalue weighted by molar-refractivity contribution is 7.99. The monoisotopic (exact) mass is 375 g/mol. The van der Waals surface area contributed by atoms with Gasteiger partial charge in [-0.3, -0.25) is 4.79 Å². The summed E-state index contributed by atoms with van der Waals surface area (Å²) in [7, 11) is 0. The molecule has 1 aliphatic heterocycles. The van der Waals surface area contributed by atoms with Crippen molar-refractivity contribution in [3.8, 4) is 11.3 Å². The van der Waals surface area contributed by atoms with E-state index in [9.17, 15) is 9.18 Å². The zero-order valence-corrected chi connectivity index (χ0v) is 16.3. The minimum atomic E-state index is -0.247. The number of halogens is 1. The standard InChI is InChI=1S/C20H26FN3OS/c1-3-17-7-5-6-12-24(17)19(25)14-26-20-22-13-18(23(20)4-2)15-8-10-16(21)11-9-15/h8-11,13,17H,3-7,12,14H2,1-2H3/t17-/m1/s1. The molecule has 1 amide bonds. The highest BCUT2D eigenvalue weighted by Gasteiger charge is 2.25. The molecule has 0 spiro atoms. The first kappa shape index (κ1) is 19.0. The van der Waals surface area contributed by atoms with Crippen molar-refractivity contribution in [1.29, 1.82) is 0 Å². The molecule has 1 aliphatic rings. The number of rotatable bonds is 6. The Hall–Kier alpha value is -1.82. The number of carbonyl (C=O) groups is 1. The largest absolute Gasteiger partial charge is 0.339 e. The second-order valence-corrected chi connectivity index (χ2v) is 7.55. The van der Waals surface area contributed by atoms with Crippen molar-refractivity contribution in [2.75, 3.05) is 12.3 Å². The van der Waals surface area contributed by atoms with Crippen molar-refractivity contribution < 1.29 is 9.18 Å². The molecule has 1 fully saturated rings. The Morgan fingerprint density at radius 2 is 2.04 bits per heavy atom. The first-order valence-corrected chi connectivity index (χ1v) is 10.4. The summed E-state index contributed by atoms with van der Waals surface area (Å²) in [6.45, 7) is 5.84. The zero-order valence-electron chi connectivity index (χ0n) is 15.4. The van der Waals surface area contributed by atoms with Gasteiger partial charge in [-0.25, -0.2) is 9.37 Å². The minimum absolute atomic E-state index is 0.204. The van der Waals surface area contributed by atoms with Gasteiger partial charge < -0.3 is 9.47 Å². The van der Waals surface area contributed by atoms with Crippen molar-refractivity contribution in [2.24, 2.45) is 0 Å². The van der Waals surface area contributed by atoms with Crippen LogP contribution in [0.3, 0.4) is 0 Å². The molecule has 26 heavy (non-hydrogen) atoms. The molecule has 0 N–H and O–H groups in total. The van der Waals surface area contributed by atoms with Crippen LogP contribution >= 0.6 is 11.8 Å². The van der Waals surface area contributed by atoms with Gasteiger partial charge in [-0.15, -0.1) is 0 Å². The van der Waals surface area contributed by atoms with E-state index >= 15 is 0 Å². The van der Waals surface area contributed by atoms with Gasteiger partial charge in [0.2, 0.25) is 5.91 Å². The molecule has 2 heterocycles. The summed E-state index contributed by atoms with van der Waals surface area (Å²) in [5.74, 6) is 0.371. The Morgan fingerprint density at radius 1 is 1.27 bits per heavy atom. The summed E-state index contributed by atoms with van der Waals surface area (Å²) in [6, 6.07) is 6.83. The lowest BCUT2D eigenvalue weighted by molar-refractivity contribution is -0.132. The molecule has 1 aromatic carbocycles. The smallest absolute Gasteiger partial charge is 0.233 e. The normalized spacial score (nSPS) is 17.5. The summed E-state index contributed by atoms with van der Waals surface area (Å²) < 4.78 is 15.3. The number of thioether (sulfide) groups is 1. The number of likely N-dealkylation sites (tertiary alicyclic amines) is 1. The van der Waals surface area contributed by atoms with Crippen molar-refractivity contribution in [2.45, 2.75) is 57.3 Å². The van der Waals surface area contributed by atoms with E-state index in [1.165, 1.54) is 30.3 Å².